The van der Waals surface area contributed by atoms with Crippen molar-refractivity contribution in [2.45, 2.75) is 59.0 Å². The van der Waals surface area contributed by atoms with Crippen LogP contribution in [0.3, 0.4) is 0 Å². The Labute approximate surface area is 191 Å². The van der Waals surface area contributed by atoms with Crippen LogP contribution >= 0.6 is 0 Å². The van der Waals surface area contributed by atoms with Crippen LogP contribution in [-0.4, -0.2) is 43.0 Å². The van der Waals surface area contributed by atoms with E-state index in [0.717, 1.165) is 5.56 Å². The first kappa shape index (κ1) is 25.2. The van der Waals surface area contributed by atoms with Crippen LogP contribution in [0.2, 0.25) is 0 Å². The van der Waals surface area contributed by atoms with Crippen molar-refractivity contribution in [3.8, 4) is 11.5 Å². The zero-order chi connectivity index (χ0) is 23.7. The molecule has 0 aromatic heterocycles. The number of ether oxygens (including phenoxy) is 2. The fraction of sp³-hybridized carbons (Fsp3) is 0.462. The average molecular weight is 441 g/mol. The number of hydrogen-bond acceptors (Lipinski definition) is 4. The second kappa shape index (κ2) is 11.6. The summed E-state index contributed by atoms with van der Waals surface area (Å²) in [5.74, 6) is 0.918. The van der Waals surface area contributed by atoms with Crippen molar-refractivity contribution < 1.29 is 19.1 Å². The van der Waals surface area contributed by atoms with Crippen molar-refractivity contribution in [1.29, 1.82) is 0 Å². The molecule has 2 amide bonds. The molecule has 6 heteroatoms. The Balaban J connectivity index is 2.19. The van der Waals surface area contributed by atoms with Gasteiger partial charge in [0.15, 0.2) is 6.61 Å². The van der Waals surface area contributed by atoms with Crippen LogP contribution in [0.4, 0.5) is 0 Å². The van der Waals surface area contributed by atoms with Crippen molar-refractivity contribution in [1.82, 2.24) is 10.2 Å². The van der Waals surface area contributed by atoms with Crippen LogP contribution in [0.1, 0.15) is 52.2 Å². The van der Waals surface area contributed by atoms with Gasteiger partial charge >= 0.3 is 0 Å². The van der Waals surface area contributed by atoms with Crippen molar-refractivity contribution >= 4 is 11.8 Å². The standard InChI is InChI=1S/C26H36N2O4/c1-7-23(25(30)27-8-2)28(17-19-10-9-11-22(16-19)31-6)24(29)18-32-21-14-12-20(13-15-21)26(3,4)5/h9-16,23H,7-8,17-18H2,1-6H3,(H,27,30)/t23-/m1/s1. The number of hydrogen-bond donors (Lipinski definition) is 1. The summed E-state index contributed by atoms with van der Waals surface area (Å²) in [5, 5.41) is 2.84. The normalized spacial score (nSPS) is 12.1. The lowest BCUT2D eigenvalue weighted by Gasteiger charge is -2.30. The first-order chi connectivity index (χ1) is 15.2. The van der Waals surface area contributed by atoms with Crippen LogP contribution in [0.15, 0.2) is 48.5 Å². The summed E-state index contributed by atoms with van der Waals surface area (Å²) in [6.07, 6.45) is 0.502. The van der Waals surface area contributed by atoms with Gasteiger partial charge in [-0.05, 0) is 54.2 Å². The lowest BCUT2D eigenvalue weighted by Crippen LogP contribution is -2.50. The zero-order valence-corrected chi connectivity index (χ0v) is 20.1. The van der Waals surface area contributed by atoms with E-state index in [0.29, 0.717) is 24.5 Å². The fourth-order valence-electron chi connectivity index (χ4n) is 3.46. The average Bonchev–Trinajstić information content (AvgIpc) is 2.77. The van der Waals surface area contributed by atoms with E-state index in [1.807, 2.05) is 62.4 Å². The molecule has 0 spiro atoms. The fourth-order valence-corrected chi connectivity index (χ4v) is 3.46. The molecule has 32 heavy (non-hydrogen) atoms. The molecule has 0 radical (unpaired) electrons. The maximum Gasteiger partial charge on any atom is 0.261 e. The molecule has 0 aliphatic carbocycles. The molecule has 0 fully saturated rings. The van der Waals surface area contributed by atoms with E-state index >= 15 is 0 Å². The highest BCUT2D eigenvalue weighted by Crippen LogP contribution is 2.24. The summed E-state index contributed by atoms with van der Waals surface area (Å²) < 4.78 is 11.1. The minimum absolute atomic E-state index is 0.0445. The van der Waals surface area contributed by atoms with Crippen molar-refractivity contribution in [2.24, 2.45) is 0 Å². The maximum atomic E-state index is 13.2. The van der Waals surface area contributed by atoms with E-state index in [1.54, 1.807) is 12.0 Å². The molecule has 2 aromatic rings. The minimum Gasteiger partial charge on any atom is -0.497 e. The van der Waals surface area contributed by atoms with Gasteiger partial charge in [-0.1, -0.05) is 52.0 Å². The lowest BCUT2D eigenvalue weighted by atomic mass is 9.87. The molecule has 6 nitrogen and oxygen atoms in total. The molecule has 0 saturated heterocycles. The lowest BCUT2D eigenvalue weighted by molar-refractivity contribution is -0.142. The Bertz CT molecular complexity index is 887. The number of nitrogens with zero attached hydrogens (tertiary/aromatic N) is 1. The van der Waals surface area contributed by atoms with Crippen LogP contribution < -0.4 is 14.8 Å². The number of carbonyl (C=O) groups is 2. The van der Waals surface area contributed by atoms with Gasteiger partial charge < -0.3 is 19.7 Å². The highest BCUT2D eigenvalue weighted by atomic mass is 16.5. The number of methoxy groups -OCH3 is 1. The molecule has 0 aliphatic heterocycles. The zero-order valence-electron chi connectivity index (χ0n) is 20.1. The summed E-state index contributed by atoms with van der Waals surface area (Å²) in [6.45, 7) is 10.9. The molecule has 0 unspecified atom stereocenters. The Morgan fingerprint density at radius 1 is 1.03 bits per heavy atom. The van der Waals surface area contributed by atoms with Crippen LogP contribution in [0, 0.1) is 0 Å². The summed E-state index contributed by atoms with van der Waals surface area (Å²) >= 11 is 0. The second-order valence-electron chi connectivity index (χ2n) is 8.75. The Kier molecular flexibility index (Phi) is 9.12. The predicted octanol–water partition coefficient (Wildman–Crippen LogP) is 4.32. The van der Waals surface area contributed by atoms with E-state index in [1.165, 1.54) is 5.56 Å². The van der Waals surface area contributed by atoms with Gasteiger partial charge in [0, 0.05) is 13.1 Å². The molecular weight excluding hydrogens is 404 g/mol. The van der Waals surface area contributed by atoms with Gasteiger partial charge in [0.25, 0.3) is 5.91 Å². The SMILES string of the molecule is CCNC(=O)[C@@H](CC)N(Cc1cccc(OC)c1)C(=O)COc1ccc(C(C)(C)C)cc1. The Hall–Kier alpha value is -3.02. The monoisotopic (exact) mass is 440 g/mol. The van der Waals surface area contributed by atoms with E-state index in [-0.39, 0.29) is 30.4 Å². The number of amides is 2. The van der Waals surface area contributed by atoms with Gasteiger partial charge in [-0.15, -0.1) is 0 Å². The van der Waals surface area contributed by atoms with Crippen molar-refractivity contribution in [3.63, 3.8) is 0 Å². The van der Waals surface area contributed by atoms with Gasteiger partial charge in [0.05, 0.1) is 7.11 Å². The molecule has 1 atom stereocenters. The molecule has 1 N–H and O–H groups in total. The van der Waals surface area contributed by atoms with E-state index < -0.39 is 6.04 Å². The first-order valence-electron chi connectivity index (χ1n) is 11.1. The Morgan fingerprint density at radius 2 is 1.72 bits per heavy atom. The second-order valence-corrected chi connectivity index (χ2v) is 8.75. The smallest absolute Gasteiger partial charge is 0.261 e. The summed E-state index contributed by atoms with van der Waals surface area (Å²) in [6, 6.07) is 14.7. The molecule has 0 heterocycles. The third-order valence-electron chi connectivity index (χ3n) is 5.31. The largest absolute Gasteiger partial charge is 0.497 e. The molecule has 0 saturated carbocycles. The summed E-state index contributed by atoms with van der Waals surface area (Å²) in [7, 11) is 1.60. The Morgan fingerprint density at radius 3 is 2.28 bits per heavy atom. The van der Waals surface area contributed by atoms with Crippen molar-refractivity contribution in [3.05, 3.63) is 59.7 Å². The highest BCUT2D eigenvalue weighted by Gasteiger charge is 2.28. The van der Waals surface area contributed by atoms with Crippen LogP contribution in [0.25, 0.3) is 0 Å². The van der Waals surface area contributed by atoms with Crippen LogP contribution in [0.5, 0.6) is 11.5 Å². The molecule has 0 aliphatic rings. The first-order valence-corrected chi connectivity index (χ1v) is 11.1. The van der Waals surface area contributed by atoms with E-state index in [4.69, 9.17) is 9.47 Å². The molecule has 2 aromatic carbocycles. The number of carbonyl (C=O) groups excluding carboxylic acids is 2. The third kappa shape index (κ3) is 7.01. The van der Waals surface area contributed by atoms with Gasteiger partial charge in [-0.25, -0.2) is 0 Å². The third-order valence-corrected chi connectivity index (χ3v) is 5.31. The maximum absolute atomic E-state index is 13.2. The van der Waals surface area contributed by atoms with Gasteiger partial charge in [0.1, 0.15) is 17.5 Å². The van der Waals surface area contributed by atoms with E-state index in [9.17, 15) is 9.59 Å². The van der Waals surface area contributed by atoms with E-state index in [2.05, 4.69) is 26.1 Å². The number of nitrogens with one attached hydrogen (secondary N) is 1. The molecule has 2 rings (SSSR count). The van der Waals surface area contributed by atoms with Gasteiger partial charge in [-0.3, -0.25) is 9.59 Å². The topological polar surface area (TPSA) is 67.9 Å². The predicted molar refractivity (Wildman–Crippen MR) is 127 cm³/mol. The van der Waals surface area contributed by atoms with Gasteiger partial charge in [0.2, 0.25) is 5.91 Å². The summed E-state index contributed by atoms with van der Waals surface area (Å²) in [4.78, 5) is 27.5. The number of rotatable bonds is 10. The minimum atomic E-state index is -0.583. The highest BCUT2D eigenvalue weighted by molar-refractivity contribution is 5.88. The molecule has 0 bridgehead atoms. The number of likely N-dealkylation sites (N-methyl/N-ethyl adjacent to an activating group) is 1. The van der Waals surface area contributed by atoms with Gasteiger partial charge in [-0.2, -0.15) is 0 Å². The molecule has 174 valence electrons. The molecular formula is C26H36N2O4. The quantitative estimate of drug-likeness (QED) is 0.598. The van der Waals surface area contributed by atoms with Crippen LogP contribution in [-0.2, 0) is 21.5 Å². The number of benzene rings is 2. The van der Waals surface area contributed by atoms with Crippen molar-refractivity contribution in [2.75, 3.05) is 20.3 Å². The summed E-state index contributed by atoms with van der Waals surface area (Å²) in [5.41, 5.74) is 2.12.